The molecule has 0 aliphatic carbocycles. The highest BCUT2D eigenvalue weighted by atomic mass is 32.2. The van der Waals surface area contributed by atoms with Crippen molar-refractivity contribution in [2.24, 2.45) is 0 Å². The van der Waals surface area contributed by atoms with Crippen molar-refractivity contribution in [1.82, 2.24) is 4.72 Å². The first-order valence-electron chi connectivity index (χ1n) is 4.24. The summed E-state index contributed by atoms with van der Waals surface area (Å²) in [5.41, 5.74) is 4.23. The zero-order valence-corrected chi connectivity index (χ0v) is 9.02. The van der Waals surface area contributed by atoms with Crippen LogP contribution in [0.4, 0.5) is 14.5 Å². The van der Waals surface area contributed by atoms with Gasteiger partial charge in [-0.05, 0) is 12.1 Å². The molecule has 1 rings (SSSR count). The maximum atomic E-state index is 13.4. The van der Waals surface area contributed by atoms with Gasteiger partial charge in [0.15, 0.2) is 5.82 Å². The third-order valence-corrected chi connectivity index (χ3v) is 3.24. The number of anilines is 1. The molecule has 0 amide bonds. The molecule has 0 radical (unpaired) electrons. The van der Waals surface area contributed by atoms with Gasteiger partial charge in [0.05, 0.1) is 0 Å². The number of nitrogens with one attached hydrogen (secondary N) is 1. The smallest absolute Gasteiger partial charge is 0.243 e. The fourth-order valence-electron chi connectivity index (χ4n) is 1.00. The Morgan fingerprint density at radius 1 is 1.44 bits per heavy atom. The van der Waals surface area contributed by atoms with Crippen LogP contribution in [0.5, 0.6) is 0 Å². The molecule has 16 heavy (non-hydrogen) atoms. The molecule has 1 aromatic rings. The van der Waals surface area contributed by atoms with E-state index in [0.717, 1.165) is 12.1 Å². The number of nitrogens with two attached hydrogens (primary N) is 1. The predicted molar refractivity (Wildman–Crippen MR) is 56.2 cm³/mol. The van der Waals surface area contributed by atoms with E-state index in [1.807, 2.05) is 4.72 Å². The molecule has 0 aromatic heterocycles. The van der Waals surface area contributed by atoms with Gasteiger partial charge in [-0.2, -0.15) is 0 Å². The highest BCUT2D eigenvalue weighted by molar-refractivity contribution is 7.89. The number of hydrogen-bond acceptors (Lipinski definition) is 3. The molecular formula is C9H10F2N2O2S. The summed E-state index contributed by atoms with van der Waals surface area (Å²) in [6.07, 6.45) is 1.29. The van der Waals surface area contributed by atoms with Gasteiger partial charge in [-0.3, -0.25) is 0 Å². The van der Waals surface area contributed by atoms with E-state index >= 15 is 0 Å². The van der Waals surface area contributed by atoms with Gasteiger partial charge >= 0.3 is 0 Å². The van der Waals surface area contributed by atoms with Crippen LogP contribution in [0.2, 0.25) is 0 Å². The fraction of sp³-hybridized carbons (Fsp3) is 0.111. The molecule has 0 spiro atoms. The second-order valence-corrected chi connectivity index (χ2v) is 4.65. The number of benzene rings is 1. The lowest BCUT2D eigenvalue weighted by Crippen LogP contribution is -2.25. The van der Waals surface area contributed by atoms with Gasteiger partial charge in [0.1, 0.15) is 16.4 Å². The highest BCUT2D eigenvalue weighted by Crippen LogP contribution is 2.22. The molecule has 3 N–H and O–H groups in total. The van der Waals surface area contributed by atoms with Crippen molar-refractivity contribution < 1.29 is 17.2 Å². The highest BCUT2D eigenvalue weighted by Gasteiger charge is 2.21. The van der Waals surface area contributed by atoms with Crippen LogP contribution in [0.25, 0.3) is 0 Å². The number of sulfonamides is 1. The second-order valence-electron chi connectivity index (χ2n) is 2.91. The molecule has 88 valence electrons. The molecule has 4 nitrogen and oxygen atoms in total. The lowest BCUT2D eigenvalue weighted by molar-refractivity contribution is 0.550. The molecule has 1 aromatic carbocycles. The maximum Gasteiger partial charge on any atom is 0.243 e. The van der Waals surface area contributed by atoms with E-state index in [-0.39, 0.29) is 6.54 Å². The lowest BCUT2D eigenvalue weighted by Gasteiger charge is -2.07. The summed E-state index contributed by atoms with van der Waals surface area (Å²) in [7, 11) is -4.04. The van der Waals surface area contributed by atoms with Crippen LogP contribution in [-0.2, 0) is 10.0 Å². The van der Waals surface area contributed by atoms with E-state index in [1.54, 1.807) is 0 Å². The summed E-state index contributed by atoms with van der Waals surface area (Å²) in [6, 6.07) is 1.60. The lowest BCUT2D eigenvalue weighted by atomic mass is 10.3. The average molecular weight is 248 g/mol. The first-order valence-corrected chi connectivity index (χ1v) is 5.72. The van der Waals surface area contributed by atoms with Gasteiger partial charge in [-0.25, -0.2) is 21.9 Å². The predicted octanol–water partition coefficient (Wildman–Crippen LogP) is 1.01. The Bertz CT molecular complexity index is 514. The molecule has 0 heterocycles. The Labute approximate surface area is 91.8 Å². The Balaban J connectivity index is 3.24. The molecule has 0 saturated carbocycles. The van der Waals surface area contributed by atoms with Crippen LogP contribution >= 0.6 is 0 Å². The Morgan fingerprint density at radius 3 is 2.62 bits per heavy atom. The third-order valence-electron chi connectivity index (χ3n) is 1.80. The van der Waals surface area contributed by atoms with Crippen molar-refractivity contribution in [3.05, 3.63) is 36.4 Å². The van der Waals surface area contributed by atoms with E-state index in [4.69, 9.17) is 5.73 Å². The second kappa shape index (κ2) is 4.58. The zero-order chi connectivity index (χ0) is 12.3. The quantitative estimate of drug-likeness (QED) is 0.617. The normalized spacial score (nSPS) is 11.4. The van der Waals surface area contributed by atoms with Crippen LogP contribution in [0.1, 0.15) is 0 Å². The first-order chi connectivity index (χ1) is 7.40. The van der Waals surface area contributed by atoms with Crippen molar-refractivity contribution in [3.8, 4) is 0 Å². The molecule has 0 unspecified atom stereocenters. The summed E-state index contributed by atoms with van der Waals surface area (Å²) in [4.78, 5) is -0.687. The van der Waals surface area contributed by atoms with E-state index in [9.17, 15) is 17.2 Å². The van der Waals surface area contributed by atoms with Gasteiger partial charge in [-0.1, -0.05) is 6.08 Å². The van der Waals surface area contributed by atoms with E-state index in [2.05, 4.69) is 6.58 Å². The molecule has 7 heteroatoms. The van der Waals surface area contributed by atoms with Crippen LogP contribution in [0.15, 0.2) is 29.7 Å². The van der Waals surface area contributed by atoms with Gasteiger partial charge in [0, 0.05) is 6.54 Å². The molecule has 0 atom stereocenters. The molecule has 0 fully saturated rings. The zero-order valence-electron chi connectivity index (χ0n) is 8.20. The van der Waals surface area contributed by atoms with Gasteiger partial charge in [0.25, 0.3) is 0 Å². The summed E-state index contributed by atoms with van der Waals surface area (Å²) in [5, 5.41) is 0. The fourth-order valence-corrected chi connectivity index (χ4v) is 2.09. The number of nitrogen functional groups attached to an aromatic ring is 1. The number of rotatable bonds is 4. The minimum Gasteiger partial charge on any atom is -0.394 e. The van der Waals surface area contributed by atoms with E-state index < -0.39 is 32.2 Å². The maximum absolute atomic E-state index is 13.4. The molecule has 0 saturated heterocycles. The Kier molecular flexibility index (Phi) is 3.61. The van der Waals surface area contributed by atoms with Gasteiger partial charge in [-0.15, -0.1) is 6.58 Å². The summed E-state index contributed by atoms with van der Waals surface area (Å²) in [6.45, 7) is 3.25. The van der Waals surface area contributed by atoms with Crippen molar-refractivity contribution in [2.45, 2.75) is 4.90 Å². The average Bonchev–Trinajstić information content (AvgIpc) is 2.23. The third kappa shape index (κ3) is 2.37. The molecule has 0 aliphatic rings. The van der Waals surface area contributed by atoms with Crippen LogP contribution in [0.3, 0.4) is 0 Å². The largest absolute Gasteiger partial charge is 0.394 e. The first kappa shape index (κ1) is 12.6. The molecular weight excluding hydrogens is 238 g/mol. The van der Waals surface area contributed by atoms with Gasteiger partial charge in [0.2, 0.25) is 10.0 Å². The van der Waals surface area contributed by atoms with Crippen molar-refractivity contribution in [1.29, 1.82) is 0 Å². The summed E-state index contributed by atoms with van der Waals surface area (Å²) < 4.78 is 51.2. The minimum absolute atomic E-state index is 0.0565. The Morgan fingerprint density at radius 2 is 2.06 bits per heavy atom. The van der Waals surface area contributed by atoms with Crippen LogP contribution in [0, 0.1) is 11.6 Å². The van der Waals surface area contributed by atoms with Crippen molar-refractivity contribution >= 4 is 15.7 Å². The van der Waals surface area contributed by atoms with E-state index in [1.165, 1.54) is 6.08 Å². The summed E-state index contributed by atoms with van der Waals surface area (Å²) >= 11 is 0. The minimum atomic E-state index is -4.04. The molecule has 0 bridgehead atoms. The number of halogens is 2. The number of hydrogen-bond donors (Lipinski definition) is 2. The van der Waals surface area contributed by atoms with E-state index in [0.29, 0.717) is 0 Å². The van der Waals surface area contributed by atoms with Gasteiger partial charge < -0.3 is 5.73 Å². The summed E-state index contributed by atoms with van der Waals surface area (Å²) in [5.74, 6) is -2.29. The Hall–Kier alpha value is -1.47. The topological polar surface area (TPSA) is 72.2 Å². The monoisotopic (exact) mass is 248 g/mol. The standard InChI is InChI=1S/C9H10F2N2O2S/c1-2-5-13-16(14,15)7-4-3-6(10)9(12)8(7)11/h2-4,13H,1,5,12H2. The van der Waals surface area contributed by atoms with Crippen LogP contribution < -0.4 is 10.5 Å². The SMILES string of the molecule is C=CCNS(=O)(=O)c1ccc(F)c(N)c1F. The van der Waals surface area contributed by atoms with Crippen molar-refractivity contribution in [2.75, 3.05) is 12.3 Å². The van der Waals surface area contributed by atoms with Crippen LogP contribution in [-0.4, -0.2) is 15.0 Å². The molecule has 0 aliphatic heterocycles. The van der Waals surface area contributed by atoms with Crippen molar-refractivity contribution in [3.63, 3.8) is 0 Å².